The fraction of sp³-hybridized carbons (Fsp3) is 0.450. The molecular formula is C20H25N5O3S. The quantitative estimate of drug-likeness (QED) is 0.569. The van der Waals surface area contributed by atoms with Gasteiger partial charge in [-0.1, -0.05) is 12.1 Å². The van der Waals surface area contributed by atoms with Gasteiger partial charge in [-0.15, -0.1) is 11.3 Å². The molecule has 154 valence electrons. The molecule has 2 saturated heterocycles. The number of nitrogens with one attached hydrogen (secondary N) is 1. The van der Waals surface area contributed by atoms with Crippen molar-refractivity contribution in [2.75, 3.05) is 62.4 Å². The normalized spacial score (nSPS) is 17.7. The summed E-state index contributed by atoms with van der Waals surface area (Å²) in [5.74, 6) is -0.176. The molecule has 8 nitrogen and oxygen atoms in total. The summed E-state index contributed by atoms with van der Waals surface area (Å²) in [7, 11) is 0. The minimum Gasteiger partial charge on any atom is -0.378 e. The van der Waals surface area contributed by atoms with E-state index in [2.05, 4.69) is 37.4 Å². The Morgan fingerprint density at radius 3 is 2.41 bits per heavy atom. The van der Waals surface area contributed by atoms with Crippen molar-refractivity contribution in [3.8, 4) is 0 Å². The van der Waals surface area contributed by atoms with Crippen molar-refractivity contribution in [1.82, 2.24) is 10.4 Å². The lowest BCUT2D eigenvalue weighted by molar-refractivity contribution is -0.120. The van der Waals surface area contributed by atoms with Crippen molar-refractivity contribution < 1.29 is 14.3 Å². The standard InChI is InChI=1S/C20H25N5O3S/c26-19(13-17-15-29-20(22-17)25-7-11-28-12-8-25)23-21-14-16-1-3-18(4-2-16)24-5-9-27-10-6-24/h1-4,14-15H,5-13H2,(H,23,26)/b21-14-. The number of aromatic nitrogens is 1. The Morgan fingerprint density at radius 2 is 1.72 bits per heavy atom. The maximum Gasteiger partial charge on any atom is 0.246 e. The summed E-state index contributed by atoms with van der Waals surface area (Å²) in [6.07, 6.45) is 1.87. The van der Waals surface area contributed by atoms with Gasteiger partial charge in [-0.25, -0.2) is 10.4 Å². The van der Waals surface area contributed by atoms with Gasteiger partial charge in [-0.05, 0) is 17.7 Å². The highest BCUT2D eigenvalue weighted by atomic mass is 32.1. The smallest absolute Gasteiger partial charge is 0.246 e. The first kappa shape index (κ1) is 19.8. The van der Waals surface area contributed by atoms with Gasteiger partial charge in [0.1, 0.15) is 0 Å². The van der Waals surface area contributed by atoms with Crippen LogP contribution in [-0.4, -0.2) is 69.7 Å². The van der Waals surface area contributed by atoms with E-state index in [1.165, 1.54) is 5.69 Å². The average Bonchev–Trinajstić information content (AvgIpc) is 3.24. The van der Waals surface area contributed by atoms with Crippen LogP contribution in [0.2, 0.25) is 0 Å². The summed E-state index contributed by atoms with van der Waals surface area (Å²) in [6, 6.07) is 8.12. The van der Waals surface area contributed by atoms with E-state index in [0.29, 0.717) is 0 Å². The fourth-order valence-electron chi connectivity index (χ4n) is 3.25. The van der Waals surface area contributed by atoms with Crippen LogP contribution in [0.4, 0.5) is 10.8 Å². The second-order valence-electron chi connectivity index (χ2n) is 6.88. The van der Waals surface area contributed by atoms with Crippen LogP contribution in [-0.2, 0) is 20.7 Å². The molecule has 1 amide bonds. The Bertz CT molecular complexity index is 827. The minimum absolute atomic E-state index is 0.176. The maximum absolute atomic E-state index is 12.1. The number of benzene rings is 1. The second kappa shape index (κ2) is 9.82. The molecule has 2 aromatic rings. The number of ether oxygens (including phenoxy) is 2. The van der Waals surface area contributed by atoms with E-state index >= 15 is 0 Å². The Kier molecular flexibility index (Phi) is 6.71. The summed E-state index contributed by atoms with van der Waals surface area (Å²) >= 11 is 1.56. The topological polar surface area (TPSA) is 79.3 Å². The Balaban J connectivity index is 1.25. The molecule has 0 spiro atoms. The third-order valence-corrected chi connectivity index (χ3v) is 5.79. The van der Waals surface area contributed by atoms with E-state index < -0.39 is 0 Å². The van der Waals surface area contributed by atoms with E-state index in [1.54, 1.807) is 17.6 Å². The highest BCUT2D eigenvalue weighted by Crippen LogP contribution is 2.21. The molecule has 4 rings (SSSR count). The number of carbonyl (C=O) groups is 1. The number of amides is 1. The molecule has 0 bridgehead atoms. The van der Waals surface area contributed by atoms with Gasteiger partial charge in [0, 0.05) is 37.2 Å². The molecule has 2 aliphatic heterocycles. The highest BCUT2D eigenvalue weighted by molar-refractivity contribution is 7.13. The number of carbonyl (C=O) groups excluding carboxylic acids is 1. The summed E-state index contributed by atoms with van der Waals surface area (Å²) in [5, 5.41) is 6.94. The maximum atomic E-state index is 12.1. The third kappa shape index (κ3) is 5.53. The zero-order chi connectivity index (χ0) is 19.9. The molecule has 0 unspecified atom stereocenters. The van der Waals surface area contributed by atoms with E-state index in [0.717, 1.165) is 69.0 Å². The molecule has 0 atom stereocenters. The van der Waals surface area contributed by atoms with Crippen LogP contribution >= 0.6 is 11.3 Å². The Labute approximate surface area is 174 Å². The first-order valence-electron chi connectivity index (χ1n) is 9.80. The lowest BCUT2D eigenvalue weighted by Gasteiger charge is -2.28. The van der Waals surface area contributed by atoms with Crippen molar-refractivity contribution in [2.45, 2.75) is 6.42 Å². The summed E-state index contributed by atoms with van der Waals surface area (Å²) < 4.78 is 10.7. The monoisotopic (exact) mass is 415 g/mol. The lowest BCUT2D eigenvalue weighted by atomic mass is 10.2. The summed E-state index contributed by atoms with van der Waals surface area (Å²) in [4.78, 5) is 21.2. The number of nitrogens with zero attached hydrogens (tertiary/aromatic N) is 4. The van der Waals surface area contributed by atoms with Gasteiger partial charge >= 0.3 is 0 Å². The molecule has 1 aromatic carbocycles. The SMILES string of the molecule is O=C(Cc1csc(N2CCOCC2)n1)N/N=C\c1ccc(N2CCOCC2)cc1. The number of morpholine rings is 2. The van der Waals surface area contributed by atoms with Crippen molar-refractivity contribution in [2.24, 2.45) is 5.10 Å². The van der Waals surface area contributed by atoms with E-state index in [1.807, 2.05) is 17.5 Å². The van der Waals surface area contributed by atoms with Gasteiger partial charge in [0.2, 0.25) is 5.91 Å². The van der Waals surface area contributed by atoms with Crippen LogP contribution in [0.3, 0.4) is 0 Å². The number of hydrogen-bond donors (Lipinski definition) is 1. The number of anilines is 2. The highest BCUT2D eigenvalue weighted by Gasteiger charge is 2.15. The fourth-order valence-corrected chi connectivity index (χ4v) is 4.13. The zero-order valence-electron chi connectivity index (χ0n) is 16.2. The van der Waals surface area contributed by atoms with E-state index in [-0.39, 0.29) is 12.3 Å². The van der Waals surface area contributed by atoms with Gasteiger partial charge < -0.3 is 19.3 Å². The first-order valence-corrected chi connectivity index (χ1v) is 10.7. The van der Waals surface area contributed by atoms with E-state index in [9.17, 15) is 4.79 Å². The van der Waals surface area contributed by atoms with Crippen molar-refractivity contribution in [1.29, 1.82) is 0 Å². The largest absolute Gasteiger partial charge is 0.378 e. The minimum atomic E-state index is -0.176. The molecule has 3 heterocycles. The molecule has 2 fully saturated rings. The molecule has 2 aliphatic rings. The van der Waals surface area contributed by atoms with Crippen molar-refractivity contribution in [3.05, 3.63) is 40.9 Å². The predicted molar refractivity (Wildman–Crippen MR) is 114 cm³/mol. The van der Waals surface area contributed by atoms with Crippen LogP contribution in [0.15, 0.2) is 34.7 Å². The number of hydrazone groups is 1. The Hall–Kier alpha value is -2.49. The molecule has 0 saturated carbocycles. The van der Waals surface area contributed by atoms with Gasteiger partial charge in [0.05, 0.1) is 44.8 Å². The third-order valence-electron chi connectivity index (χ3n) is 4.84. The molecule has 9 heteroatoms. The van der Waals surface area contributed by atoms with Crippen LogP contribution in [0.1, 0.15) is 11.3 Å². The van der Waals surface area contributed by atoms with Crippen molar-refractivity contribution >= 4 is 34.3 Å². The van der Waals surface area contributed by atoms with Crippen LogP contribution in [0.5, 0.6) is 0 Å². The molecular weight excluding hydrogens is 390 g/mol. The molecule has 0 radical (unpaired) electrons. The van der Waals surface area contributed by atoms with Gasteiger partial charge in [0.25, 0.3) is 0 Å². The number of thiazole rings is 1. The van der Waals surface area contributed by atoms with E-state index in [4.69, 9.17) is 9.47 Å². The first-order chi connectivity index (χ1) is 14.3. The van der Waals surface area contributed by atoms with Gasteiger partial charge in [0.15, 0.2) is 5.13 Å². The van der Waals surface area contributed by atoms with Crippen LogP contribution in [0, 0.1) is 0 Å². The van der Waals surface area contributed by atoms with Crippen molar-refractivity contribution in [3.63, 3.8) is 0 Å². The van der Waals surface area contributed by atoms with Gasteiger partial charge in [-0.3, -0.25) is 4.79 Å². The molecule has 1 aromatic heterocycles. The molecule has 0 aliphatic carbocycles. The molecule has 1 N–H and O–H groups in total. The predicted octanol–water partition coefficient (Wildman–Crippen LogP) is 1.51. The second-order valence-corrected chi connectivity index (χ2v) is 7.72. The van der Waals surface area contributed by atoms with Gasteiger partial charge in [-0.2, -0.15) is 5.10 Å². The summed E-state index contributed by atoms with van der Waals surface area (Å²) in [5.41, 5.74) is 5.45. The number of hydrogen-bond acceptors (Lipinski definition) is 8. The Morgan fingerprint density at radius 1 is 1.07 bits per heavy atom. The van der Waals surface area contributed by atoms with Crippen LogP contribution < -0.4 is 15.2 Å². The zero-order valence-corrected chi connectivity index (χ0v) is 17.1. The van der Waals surface area contributed by atoms with Crippen LogP contribution in [0.25, 0.3) is 0 Å². The lowest BCUT2D eigenvalue weighted by Crippen LogP contribution is -2.36. The average molecular weight is 416 g/mol. The molecule has 29 heavy (non-hydrogen) atoms. The summed E-state index contributed by atoms with van der Waals surface area (Å²) in [6.45, 7) is 6.47. The number of rotatable bonds is 6.